The summed E-state index contributed by atoms with van der Waals surface area (Å²) in [5.74, 6) is 7.15. The van der Waals surface area contributed by atoms with Crippen molar-refractivity contribution >= 4 is 28.4 Å². The van der Waals surface area contributed by atoms with E-state index in [-0.39, 0.29) is 25.9 Å². The molecular formula is C38H49N5O2. The predicted molar refractivity (Wildman–Crippen MR) is 190 cm³/mol. The number of hydrogen-bond donors (Lipinski definition) is 2. The van der Waals surface area contributed by atoms with E-state index in [1.807, 2.05) is 54.6 Å². The molecule has 45 heavy (non-hydrogen) atoms. The SMILES string of the molecule is CC(C)c1cccc(C(C)C)c1NC(=O)Nc1c(-c2cccc(C#CCN3CCCCCCC3)c2)c2cccnc2n(C)c1=O.[HH].[HH]. The zero-order valence-electron chi connectivity index (χ0n) is 27.2. The van der Waals surface area contributed by atoms with Gasteiger partial charge >= 0.3 is 6.03 Å². The Kier molecular flexibility index (Phi) is 10.4. The van der Waals surface area contributed by atoms with Crippen LogP contribution in [0.5, 0.6) is 0 Å². The summed E-state index contributed by atoms with van der Waals surface area (Å²) in [6.07, 6.45) is 8.06. The number of carbonyl (C=O) groups excluding carboxylic acids is 1. The highest BCUT2D eigenvalue weighted by molar-refractivity contribution is 6.07. The summed E-state index contributed by atoms with van der Waals surface area (Å²) in [5.41, 5.74) is 5.59. The number of benzene rings is 2. The second kappa shape index (κ2) is 14.6. The fourth-order valence-electron chi connectivity index (χ4n) is 6.21. The van der Waals surface area contributed by atoms with E-state index in [9.17, 15) is 9.59 Å². The van der Waals surface area contributed by atoms with E-state index >= 15 is 0 Å². The molecule has 0 aliphatic carbocycles. The van der Waals surface area contributed by atoms with Crippen molar-refractivity contribution in [1.29, 1.82) is 0 Å². The van der Waals surface area contributed by atoms with Crippen molar-refractivity contribution in [2.75, 3.05) is 30.3 Å². The van der Waals surface area contributed by atoms with Gasteiger partial charge in [-0.2, -0.15) is 0 Å². The molecule has 2 aromatic heterocycles. The van der Waals surface area contributed by atoms with Gasteiger partial charge in [-0.05, 0) is 78.7 Å². The van der Waals surface area contributed by atoms with Gasteiger partial charge in [0, 0.05) is 38.3 Å². The maximum absolute atomic E-state index is 13.8. The zero-order chi connectivity index (χ0) is 31.9. The van der Waals surface area contributed by atoms with Crippen LogP contribution < -0.4 is 16.2 Å². The summed E-state index contributed by atoms with van der Waals surface area (Å²) in [6, 6.07) is 17.3. The van der Waals surface area contributed by atoms with Gasteiger partial charge in [-0.1, -0.05) is 89.1 Å². The number of para-hydroxylation sites is 1. The molecule has 238 valence electrons. The molecule has 0 spiro atoms. The first kappa shape index (κ1) is 32.0. The van der Waals surface area contributed by atoms with Gasteiger partial charge in [0.05, 0.1) is 6.54 Å². The maximum atomic E-state index is 13.8. The monoisotopic (exact) mass is 607 g/mol. The molecule has 2 amide bonds. The van der Waals surface area contributed by atoms with Crippen LogP contribution in [0.25, 0.3) is 22.2 Å². The largest absolute Gasteiger partial charge is 0.323 e. The number of urea groups is 1. The minimum Gasteiger partial charge on any atom is -0.307 e. The molecule has 2 aromatic carbocycles. The first-order valence-electron chi connectivity index (χ1n) is 16.2. The summed E-state index contributed by atoms with van der Waals surface area (Å²) < 4.78 is 1.49. The normalized spacial score (nSPS) is 14.1. The summed E-state index contributed by atoms with van der Waals surface area (Å²) in [6.45, 7) is 11.4. The first-order valence-corrected chi connectivity index (χ1v) is 16.2. The lowest BCUT2D eigenvalue weighted by atomic mass is 9.93. The number of rotatable bonds is 6. The second-order valence-corrected chi connectivity index (χ2v) is 12.6. The molecule has 0 saturated carbocycles. The van der Waals surface area contributed by atoms with E-state index in [1.165, 1.54) is 36.7 Å². The first-order chi connectivity index (χ1) is 21.7. The number of amides is 2. The van der Waals surface area contributed by atoms with Crippen LogP contribution in [-0.4, -0.2) is 40.1 Å². The summed E-state index contributed by atoms with van der Waals surface area (Å²) >= 11 is 0. The van der Waals surface area contributed by atoms with Crippen molar-refractivity contribution in [2.24, 2.45) is 7.05 Å². The molecule has 7 heteroatoms. The highest BCUT2D eigenvalue weighted by Crippen LogP contribution is 2.35. The van der Waals surface area contributed by atoms with Gasteiger partial charge in [0.15, 0.2) is 0 Å². The lowest BCUT2D eigenvalue weighted by Gasteiger charge is -2.21. The van der Waals surface area contributed by atoms with Gasteiger partial charge in [-0.15, -0.1) is 0 Å². The number of nitrogens with one attached hydrogen (secondary N) is 2. The van der Waals surface area contributed by atoms with Crippen LogP contribution in [-0.2, 0) is 7.05 Å². The Morgan fingerprint density at radius 3 is 2.22 bits per heavy atom. The number of pyridine rings is 2. The maximum Gasteiger partial charge on any atom is 0.323 e. The van der Waals surface area contributed by atoms with E-state index in [0.717, 1.165) is 53.0 Å². The second-order valence-electron chi connectivity index (χ2n) is 12.6. The molecule has 1 aliphatic heterocycles. The van der Waals surface area contributed by atoms with E-state index in [1.54, 1.807) is 13.2 Å². The zero-order valence-corrected chi connectivity index (χ0v) is 27.2. The molecule has 1 saturated heterocycles. The van der Waals surface area contributed by atoms with Crippen molar-refractivity contribution in [3.05, 3.63) is 87.8 Å². The summed E-state index contributed by atoms with van der Waals surface area (Å²) in [5, 5.41) is 6.83. The smallest absolute Gasteiger partial charge is 0.307 e. The lowest BCUT2D eigenvalue weighted by Crippen LogP contribution is -2.29. The molecule has 5 rings (SSSR count). The molecule has 2 N–H and O–H groups in total. The van der Waals surface area contributed by atoms with Crippen molar-refractivity contribution in [3.63, 3.8) is 0 Å². The quantitative estimate of drug-likeness (QED) is 0.215. The standard InChI is InChI=1S/C38H45N5O2.2H2/c1-26(2)30-18-12-19-31(27(3)4)34(30)40-38(45)41-35-33(32-20-13-21-39-36(32)42(5)37(35)44)29-17-11-15-28(25-29)16-14-24-43-22-9-7-6-8-10-23-43;;/h11-13,15,17-21,25-27H,6-10,22-24H2,1-5H3,(H2,40,41,45);2*1H. The van der Waals surface area contributed by atoms with E-state index < -0.39 is 6.03 Å². The summed E-state index contributed by atoms with van der Waals surface area (Å²) in [4.78, 5) is 34.5. The number of nitrogens with zero attached hydrogens (tertiary/aromatic N) is 3. The van der Waals surface area contributed by atoms with E-state index in [2.05, 4.69) is 60.1 Å². The van der Waals surface area contributed by atoms with Gasteiger partial charge in [0.25, 0.3) is 5.56 Å². The van der Waals surface area contributed by atoms with Crippen LogP contribution in [0.4, 0.5) is 16.2 Å². The van der Waals surface area contributed by atoms with Crippen LogP contribution in [0.15, 0.2) is 65.6 Å². The van der Waals surface area contributed by atoms with Crippen LogP contribution in [0, 0.1) is 11.8 Å². The minimum atomic E-state index is -0.462. The molecule has 3 heterocycles. The van der Waals surface area contributed by atoms with Crippen molar-refractivity contribution in [1.82, 2.24) is 14.5 Å². The third-order valence-corrected chi connectivity index (χ3v) is 8.63. The van der Waals surface area contributed by atoms with Gasteiger partial charge in [-0.3, -0.25) is 14.3 Å². The Balaban J connectivity index is 0.00000300. The molecule has 0 unspecified atom stereocenters. The van der Waals surface area contributed by atoms with Gasteiger partial charge in [-0.25, -0.2) is 9.78 Å². The Morgan fingerprint density at radius 2 is 1.53 bits per heavy atom. The lowest BCUT2D eigenvalue weighted by molar-refractivity contribution is 0.262. The molecule has 0 atom stereocenters. The number of carbonyl (C=O) groups is 1. The van der Waals surface area contributed by atoms with E-state index in [4.69, 9.17) is 0 Å². The van der Waals surface area contributed by atoms with E-state index in [0.29, 0.717) is 11.2 Å². The number of anilines is 2. The molecule has 1 fully saturated rings. The van der Waals surface area contributed by atoms with Crippen LogP contribution >= 0.6 is 0 Å². The molecule has 0 radical (unpaired) electrons. The highest BCUT2D eigenvalue weighted by Gasteiger charge is 2.22. The Hall–Kier alpha value is -4.41. The topological polar surface area (TPSA) is 79.3 Å². The molecular weight excluding hydrogens is 558 g/mol. The number of aromatic nitrogens is 2. The summed E-state index contributed by atoms with van der Waals surface area (Å²) in [7, 11) is 1.68. The van der Waals surface area contributed by atoms with Crippen LogP contribution in [0.1, 0.15) is 91.2 Å². The van der Waals surface area contributed by atoms with Crippen molar-refractivity contribution in [2.45, 2.75) is 71.6 Å². The van der Waals surface area contributed by atoms with Gasteiger partial charge in [0.2, 0.25) is 0 Å². The molecule has 0 bridgehead atoms. The fourth-order valence-corrected chi connectivity index (χ4v) is 6.21. The number of likely N-dealkylation sites (tertiary alicyclic amines) is 1. The van der Waals surface area contributed by atoms with Gasteiger partial charge in [0.1, 0.15) is 11.3 Å². The van der Waals surface area contributed by atoms with Crippen molar-refractivity contribution < 1.29 is 7.65 Å². The number of fused-ring (bicyclic) bond motifs is 1. The predicted octanol–water partition coefficient (Wildman–Crippen LogP) is 8.60. The third-order valence-electron chi connectivity index (χ3n) is 8.63. The Morgan fingerprint density at radius 1 is 0.889 bits per heavy atom. The number of aryl methyl sites for hydroxylation is 1. The average Bonchev–Trinajstić information content (AvgIpc) is 3.01. The third kappa shape index (κ3) is 7.46. The van der Waals surface area contributed by atoms with Crippen molar-refractivity contribution in [3.8, 4) is 23.0 Å². The Bertz CT molecular complexity index is 1770. The number of hydrogen-bond acceptors (Lipinski definition) is 4. The molecule has 1 aliphatic rings. The fraction of sp³-hybridized carbons (Fsp3) is 0.395. The van der Waals surface area contributed by atoms with Crippen LogP contribution in [0.2, 0.25) is 0 Å². The van der Waals surface area contributed by atoms with Gasteiger partial charge < -0.3 is 10.6 Å². The average molecular weight is 608 g/mol. The Labute approximate surface area is 270 Å². The van der Waals surface area contributed by atoms with Crippen LogP contribution in [0.3, 0.4) is 0 Å². The minimum absolute atomic E-state index is 0. The highest BCUT2D eigenvalue weighted by atomic mass is 16.2. The molecule has 4 aromatic rings. The molecule has 7 nitrogen and oxygen atoms in total.